The molecule has 9 heteroatoms. The number of nitrogens with zero attached hydrogens (tertiary/aromatic N) is 1. The Morgan fingerprint density at radius 2 is 1.85 bits per heavy atom. The van der Waals surface area contributed by atoms with Crippen molar-refractivity contribution < 1.29 is 17.6 Å². The van der Waals surface area contributed by atoms with E-state index in [0.717, 1.165) is 24.1 Å². The Morgan fingerprint density at radius 1 is 1.09 bits per heavy atom. The molecule has 0 saturated heterocycles. The molecule has 3 aromatic rings. The molecule has 0 atom stereocenters. The van der Waals surface area contributed by atoms with Gasteiger partial charge in [0.25, 0.3) is 10.0 Å². The van der Waals surface area contributed by atoms with Gasteiger partial charge in [-0.3, -0.25) is 14.9 Å². The Balaban J connectivity index is 1.46. The predicted octanol–water partition coefficient (Wildman–Crippen LogP) is 3.82. The zero-order chi connectivity index (χ0) is 24.3. The van der Waals surface area contributed by atoms with Crippen molar-refractivity contribution in [3.63, 3.8) is 0 Å². The molecule has 0 fully saturated rings. The minimum Gasteiger partial charge on any atom is -0.384 e. The molecule has 0 unspecified atom stereocenters. The van der Waals surface area contributed by atoms with E-state index in [-0.39, 0.29) is 28.6 Å². The maximum atomic E-state index is 14.1. The molecule has 4 rings (SSSR count). The molecule has 4 N–H and O–H groups in total. The van der Waals surface area contributed by atoms with Crippen molar-refractivity contribution in [2.75, 3.05) is 16.2 Å². The van der Waals surface area contributed by atoms with Gasteiger partial charge in [-0.25, -0.2) is 12.8 Å². The average Bonchev–Trinajstić information content (AvgIpc) is 2.82. The summed E-state index contributed by atoms with van der Waals surface area (Å²) in [5, 5.41) is 7.37. The van der Waals surface area contributed by atoms with Crippen molar-refractivity contribution in [1.82, 2.24) is 0 Å². The summed E-state index contributed by atoms with van der Waals surface area (Å²) in [5.41, 5.74) is 8.14. The second kappa shape index (κ2) is 9.64. The van der Waals surface area contributed by atoms with Crippen LogP contribution in [0.25, 0.3) is 0 Å². The summed E-state index contributed by atoms with van der Waals surface area (Å²) in [6.07, 6.45) is 2.04. The summed E-state index contributed by atoms with van der Waals surface area (Å²) in [4.78, 5) is 14.8. The zero-order valence-corrected chi connectivity index (χ0v) is 19.2. The molecule has 1 heterocycles. The number of amidine groups is 1. The third kappa shape index (κ3) is 5.09. The van der Waals surface area contributed by atoms with E-state index in [1.807, 2.05) is 0 Å². The molecule has 1 amide bonds. The van der Waals surface area contributed by atoms with Gasteiger partial charge < -0.3 is 10.6 Å². The van der Waals surface area contributed by atoms with Crippen LogP contribution < -0.4 is 15.4 Å². The molecular weight excluding hydrogens is 455 g/mol. The summed E-state index contributed by atoms with van der Waals surface area (Å²) < 4.78 is 41.9. The first kappa shape index (κ1) is 23.4. The van der Waals surface area contributed by atoms with E-state index >= 15 is 0 Å². The fraction of sp³-hybridized carbons (Fsp3) is 0.200. The number of hydrogen-bond acceptors (Lipinski definition) is 4. The van der Waals surface area contributed by atoms with Crippen LogP contribution in [0.15, 0.2) is 71.6 Å². The first-order chi connectivity index (χ1) is 16.2. The number of amides is 1. The molecule has 0 spiro atoms. The molecule has 0 aromatic heterocycles. The third-order valence-electron chi connectivity index (χ3n) is 5.76. The van der Waals surface area contributed by atoms with Gasteiger partial charge in [0, 0.05) is 24.3 Å². The highest BCUT2D eigenvalue weighted by Gasteiger charge is 2.23. The number of benzene rings is 3. The highest BCUT2D eigenvalue weighted by Crippen LogP contribution is 2.31. The Morgan fingerprint density at radius 3 is 2.56 bits per heavy atom. The summed E-state index contributed by atoms with van der Waals surface area (Å²) in [6, 6.07) is 17.7. The lowest BCUT2D eigenvalue weighted by atomic mass is 10.00. The molecule has 0 bridgehead atoms. The monoisotopic (exact) mass is 480 g/mol. The number of anilines is 2. The van der Waals surface area contributed by atoms with Crippen molar-refractivity contribution in [3.05, 3.63) is 89.2 Å². The molecule has 3 aromatic carbocycles. The van der Waals surface area contributed by atoms with E-state index in [0.29, 0.717) is 24.2 Å². The SMILES string of the molecule is N=C(N)c1ccc(CCC(=O)N2CCCc3cc(NS(=O)(=O)c4ccccc4)ccc32)cc1F. The molecule has 0 aliphatic carbocycles. The van der Waals surface area contributed by atoms with Gasteiger partial charge in [-0.15, -0.1) is 0 Å². The summed E-state index contributed by atoms with van der Waals surface area (Å²) in [7, 11) is -3.70. The van der Waals surface area contributed by atoms with Gasteiger partial charge in [-0.05, 0) is 72.9 Å². The lowest BCUT2D eigenvalue weighted by molar-refractivity contribution is -0.118. The molecule has 1 aliphatic heterocycles. The van der Waals surface area contributed by atoms with Gasteiger partial charge >= 0.3 is 0 Å². The Hall–Kier alpha value is -3.72. The van der Waals surface area contributed by atoms with Crippen LogP contribution in [0.3, 0.4) is 0 Å². The minimum atomic E-state index is -3.70. The van der Waals surface area contributed by atoms with Crippen LogP contribution in [0.1, 0.15) is 29.5 Å². The highest BCUT2D eigenvalue weighted by molar-refractivity contribution is 7.92. The minimum absolute atomic E-state index is 0.0405. The number of hydrogen-bond donors (Lipinski definition) is 3. The molecular formula is C25H25FN4O3S. The lowest BCUT2D eigenvalue weighted by Gasteiger charge is -2.30. The fourth-order valence-electron chi connectivity index (χ4n) is 4.05. The number of rotatable bonds is 7. The molecule has 1 aliphatic rings. The van der Waals surface area contributed by atoms with E-state index < -0.39 is 15.8 Å². The number of nitrogen functional groups attached to an aromatic ring is 1. The molecule has 34 heavy (non-hydrogen) atoms. The second-order valence-electron chi connectivity index (χ2n) is 8.14. The van der Waals surface area contributed by atoms with Gasteiger partial charge in [-0.2, -0.15) is 0 Å². The van der Waals surface area contributed by atoms with Gasteiger partial charge in [0.05, 0.1) is 10.5 Å². The maximum absolute atomic E-state index is 14.1. The number of halogens is 1. The van der Waals surface area contributed by atoms with E-state index in [1.54, 1.807) is 47.4 Å². The normalized spacial score (nSPS) is 13.3. The number of fused-ring (bicyclic) bond motifs is 1. The zero-order valence-electron chi connectivity index (χ0n) is 18.4. The Labute approximate surface area is 198 Å². The third-order valence-corrected chi connectivity index (χ3v) is 7.15. The fourth-order valence-corrected chi connectivity index (χ4v) is 5.12. The largest absolute Gasteiger partial charge is 0.384 e. The molecule has 7 nitrogen and oxygen atoms in total. The first-order valence-corrected chi connectivity index (χ1v) is 12.4. The number of carbonyl (C=O) groups excluding carboxylic acids is 1. The van der Waals surface area contributed by atoms with Crippen LogP contribution in [-0.4, -0.2) is 26.7 Å². The lowest BCUT2D eigenvalue weighted by Crippen LogP contribution is -2.35. The van der Waals surface area contributed by atoms with E-state index in [9.17, 15) is 17.6 Å². The van der Waals surface area contributed by atoms with Crippen molar-refractivity contribution in [2.24, 2.45) is 5.73 Å². The molecule has 0 radical (unpaired) electrons. The van der Waals surface area contributed by atoms with Gasteiger partial charge in [0.1, 0.15) is 11.7 Å². The van der Waals surface area contributed by atoms with Crippen LogP contribution in [0.4, 0.5) is 15.8 Å². The number of nitrogens with two attached hydrogens (primary N) is 1. The van der Waals surface area contributed by atoms with E-state index in [2.05, 4.69) is 4.72 Å². The standard InChI is InChI=1S/C25H25FN4O3S/c26-22-15-17(8-11-21(22)25(27)28)9-13-24(31)30-14-4-5-18-16-19(10-12-23(18)30)29-34(32,33)20-6-2-1-3-7-20/h1-3,6-8,10-12,15-16,29H,4-5,9,13-14H2,(H3,27,28). The number of carbonyl (C=O) groups is 1. The summed E-state index contributed by atoms with van der Waals surface area (Å²) in [6.45, 7) is 0.568. The van der Waals surface area contributed by atoms with Gasteiger partial charge in [-0.1, -0.05) is 24.3 Å². The van der Waals surface area contributed by atoms with E-state index in [1.165, 1.54) is 24.3 Å². The van der Waals surface area contributed by atoms with Gasteiger partial charge in [0.2, 0.25) is 5.91 Å². The first-order valence-electron chi connectivity index (χ1n) is 10.9. The molecule has 0 saturated carbocycles. The quantitative estimate of drug-likeness (QED) is 0.352. The van der Waals surface area contributed by atoms with Crippen LogP contribution in [0, 0.1) is 11.2 Å². The van der Waals surface area contributed by atoms with Gasteiger partial charge in [0.15, 0.2) is 0 Å². The highest BCUT2D eigenvalue weighted by atomic mass is 32.2. The second-order valence-corrected chi connectivity index (χ2v) is 9.82. The topological polar surface area (TPSA) is 116 Å². The summed E-state index contributed by atoms with van der Waals surface area (Å²) >= 11 is 0. The van der Waals surface area contributed by atoms with Crippen LogP contribution >= 0.6 is 0 Å². The number of sulfonamides is 1. The average molecular weight is 481 g/mol. The smallest absolute Gasteiger partial charge is 0.261 e. The Bertz CT molecular complexity index is 1340. The predicted molar refractivity (Wildman–Crippen MR) is 130 cm³/mol. The van der Waals surface area contributed by atoms with Crippen molar-refractivity contribution in [2.45, 2.75) is 30.6 Å². The van der Waals surface area contributed by atoms with Crippen molar-refractivity contribution in [1.29, 1.82) is 5.41 Å². The molecule has 176 valence electrons. The van der Waals surface area contributed by atoms with Crippen LogP contribution in [-0.2, 0) is 27.7 Å². The summed E-state index contributed by atoms with van der Waals surface area (Å²) in [5.74, 6) is -1.00. The Kier molecular flexibility index (Phi) is 6.65. The van der Waals surface area contributed by atoms with Crippen molar-refractivity contribution >= 4 is 33.1 Å². The van der Waals surface area contributed by atoms with Crippen LogP contribution in [0.2, 0.25) is 0 Å². The van der Waals surface area contributed by atoms with Crippen LogP contribution in [0.5, 0.6) is 0 Å². The van der Waals surface area contributed by atoms with E-state index in [4.69, 9.17) is 11.1 Å². The number of nitrogens with one attached hydrogen (secondary N) is 2. The number of aryl methyl sites for hydroxylation is 2. The maximum Gasteiger partial charge on any atom is 0.261 e. The van der Waals surface area contributed by atoms with Crippen molar-refractivity contribution in [3.8, 4) is 0 Å².